The van der Waals surface area contributed by atoms with E-state index in [1.165, 1.54) is 38.8 Å². The van der Waals surface area contributed by atoms with Crippen LogP contribution in [0, 0.1) is 5.92 Å². The van der Waals surface area contributed by atoms with E-state index in [9.17, 15) is 0 Å². The van der Waals surface area contributed by atoms with Gasteiger partial charge in [-0.1, -0.05) is 33.6 Å². The molecule has 2 heteroatoms. The van der Waals surface area contributed by atoms with Crippen molar-refractivity contribution in [1.82, 2.24) is 10.2 Å². The Balaban J connectivity index is 3.38. The Morgan fingerprint density at radius 3 is 2.31 bits per heavy atom. The molecular weight excluding hydrogens is 196 g/mol. The third-order valence-electron chi connectivity index (χ3n) is 3.16. The van der Waals surface area contributed by atoms with Gasteiger partial charge in [-0.2, -0.15) is 0 Å². The van der Waals surface area contributed by atoms with Gasteiger partial charge in [0.15, 0.2) is 0 Å². The molecule has 1 atom stereocenters. The lowest BCUT2D eigenvalue weighted by molar-refractivity contribution is 0.228. The number of hydrogen-bond donors (Lipinski definition) is 1. The van der Waals surface area contributed by atoms with Crippen molar-refractivity contribution in [2.24, 2.45) is 5.92 Å². The largest absolute Gasteiger partial charge is 0.315 e. The van der Waals surface area contributed by atoms with Crippen molar-refractivity contribution < 1.29 is 0 Å². The van der Waals surface area contributed by atoms with Crippen molar-refractivity contribution in [1.29, 1.82) is 0 Å². The maximum absolute atomic E-state index is 3.52. The topological polar surface area (TPSA) is 15.3 Å². The van der Waals surface area contributed by atoms with Crippen molar-refractivity contribution in [3.63, 3.8) is 0 Å². The van der Waals surface area contributed by atoms with E-state index in [1.54, 1.807) is 0 Å². The van der Waals surface area contributed by atoms with E-state index in [0.29, 0.717) is 6.04 Å². The first kappa shape index (κ1) is 15.9. The molecule has 0 aliphatic carbocycles. The van der Waals surface area contributed by atoms with Crippen LogP contribution in [-0.4, -0.2) is 37.6 Å². The van der Waals surface area contributed by atoms with Gasteiger partial charge in [-0.25, -0.2) is 0 Å². The summed E-state index contributed by atoms with van der Waals surface area (Å²) in [6.45, 7) is 12.7. The van der Waals surface area contributed by atoms with Crippen LogP contribution < -0.4 is 5.32 Å². The summed E-state index contributed by atoms with van der Waals surface area (Å²) in [5.74, 6) is 0.801. The molecule has 0 rings (SSSR count). The smallest absolute Gasteiger partial charge is 0.0107 e. The van der Waals surface area contributed by atoms with Crippen LogP contribution in [0.1, 0.15) is 53.4 Å². The number of hydrogen-bond acceptors (Lipinski definition) is 2. The van der Waals surface area contributed by atoms with Crippen LogP contribution in [0.2, 0.25) is 0 Å². The molecule has 0 spiro atoms. The molecule has 98 valence electrons. The molecule has 1 N–H and O–H groups in total. The van der Waals surface area contributed by atoms with E-state index in [2.05, 4.69) is 45.0 Å². The number of nitrogens with one attached hydrogen (secondary N) is 1. The molecule has 0 aliphatic heterocycles. The van der Waals surface area contributed by atoms with Crippen molar-refractivity contribution in [2.75, 3.05) is 26.7 Å². The van der Waals surface area contributed by atoms with Crippen LogP contribution in [0.3, 0.4) is 0 Å². The monoisotopic (exact) mass is 228 g/mol. The first-order valence-corrected chi connectivity index (χ1v) is 6.98. The minimum Gasteiger partial charge on any atom is -0.315 e. The van der Waals surface area contributed by atoms with Crippen LogP contribution in [0.5, 0.6) is 0 Å². The summed E-state index contributed by atoms with van der Waals surface area (Å²) < 4.78 is 0. The fourth-order valence-corrected chi connectivity index (χ4v) is 1.96. The van der Waals surface area contributed by atoms with Crippen LogP contribution in [0.25, 0.3) is 0 Å². The summed E-state index contributed by atoms with van der Waals surface area (Å²) >= 11 is 0. The van der Waals surface area contributed by atoms with E-state index >= 15 is 0 Å². The van der Waals surface area contributed by atoms with Crippen molar-refractivity contribution >= 4 is 0 Å². The molecule has 0 aromatic carbocycles. The molecule has 0 heterocycles. The van der Waals surface area contributed by atoms with E-state index < -0.39 is 0 Å². The van der Waals surface area contributed by atoms with Gasteiger partial charge in [0, 0.05) is 19.1 Å². The SMILES string of the molecule is CCCCCNCCN(C)C(C)CC(C)C. The van der Waals surface area contributed by atoms with Gasteiger partial charge in [-0.3, -0.25) is 0 Å². The fraction of sp³-hybridized carbons (Fsp3) is 1.00. The standard InChI is InChI=1S/C14H32N2/c1-6-7-8-9-15-10-11-16(5)14(4)12-13(2)3/h13-15H,6-12H2,1-5H3. The zero-order valence-electron chi connectivity index (χ0n) is 12.1. The molecule has 0 aromatic heterocycles. The van der Waals surface area contributed by atoms with Gasteiger partial charge in [-0.15, -0.1) is 0 Å². The van der Waals surface area contributed by atoms with Crippen molar-refractivity contribution in [2.45, 2.75) is 59.4 Å². The van der Waals surface area contributed by atoms with Gasteiger partial charge in [-0.05, 0) is 39.3 Å². The zero-order valence-corrected chi connectivity index (χ0v) is 12.1. The van der Waals surface area contributed by atoms with Crippen LogP contribution >= 0.6 is 0 Å². The summed E-state index contributed by atoms with van der Waals surface area (Å²) in [6.07, 6.45) is 5.29. The maximum atomic E-state index is 3.52. The summed E-state index contributed by atoms with van der Waals surface area (Å²) in [4.78, 5) is 2.47. The molecule has 0 aliphatic rings. The number of nitrogens with zero attached hydrogens (tertiary/aromatic N) is 1. The molecule has 0 radical (unpaired) electrons. The first-order valence-electron chi connectivity index (χ1n) is 6.98. The lowest BCUT2D eigenvalue weighted by atomic mass is 10.0. The Kier molecular flexibility index (Phi) is 10.0. The van der Waals surface area contributed by atoms with Gasteiger partial charge in [0.1, 0.15) is 0 Å². The lowest BCUT2D eigenvalue weighted by Crippen LogP contribution is -2.36. The predicted octanol–water partition coefficient (Wildman–Crippen LogP) is 3.13. The van der Waals surface area contributed by atoms with Gasteiger partial charge < -0.3 is 10.2 Å². The first-order chi connectivity index (χ1) is 7.57. The Morgan fingerprint density at radius 2 is 1.75 bits per heavy atom. The van der Waals surface area contributed by atoms with E-state index in [0.717, 1.165) is 12.5 Å². The van der Waals surface area contributed by atoms with Crippen molar-refractivity contribution in [3.05, 3.63) is 0 Å². The van der Waals surface area contributed by atoms with Gasteiger partial charge in [0.25, 0.3) is 0 Å². The molecule has 0 bridgehead atoms. The fourth-order valence-electron chi connectivity index (χ4n) is 1.96. The highest BCUT2D eigenvalue weighted by atomic mass is 15.1. The summed E-state index contributed by atoms with van der Waals surface area (Å²) in [5.41, 5.74) is 0. The normalized spacial score (nSPS) is 13.7. The van der Waals surface area contributed by atoms with Gasteiger partial charge >= 0.3 is 0 Å². The number of likely N-dealkylation sites (N-methyl/N-ethyl adjacent to an activating group) is 1. The molecule has 0 saturated carbocycles. The van der Waals surface area contributed by atoms with Crippen LogP contribution in [0.4, 0.5) is 0 Å². The highest BCUT2D eigenvalue weighted by Crippen LogP contribution is 2.08. The summed E-state index contributed by atoms with van der Waals surface area (Å²) in [5, 5.41) is 3.52. The minimum absolute atomic E-state index is 0.706. The molecule has 16 heavy (non-hydrogen) atoms. The highest BCUT2D eigenvalue weighted by Gasteiger charge is 2.09. The number of rotatable bonds is 10. The average Bonchev–Trinajstić information content (AvgIpc) is 2.21. The highest BCUT2D eigenvalue weighted by molar-refractivity contribution is 4.66. The molecular formula is C14H32N2. The van der Waals surface area contributed by atoms with Crippen LogP contribution in [-0.2, 0) is 0 Å². The summed E-state index contributed by atoms with van der Waals surface area (Å²) in [6, 6.07) is 0.706. The van der Waals surface area contributed by atoms with E-state index in [4.69, 9.17) is 0 Å². The minimum atomic E-state index is 0.706. The maximum Gasteiger partial charge on any atom is 0.0107 e. The second kappa shape index (κ2) is 10.1. The average molecular weight is 228 g/mol. The second-order valence-corrected chi connectivity index (χ2v) is 5.42. The molecule has 0 aromatic rings. The zero-order chi connectivity index (χ0) is 12.4. The Hall–Kier alpha value is -0.0800. The predicted molar refractivity (Wildman–Crippen MR) is 73.9 cm³/mol. The van der Waals surface area contributed by atoms with Gasteiger partial charge in [0.05, 0.1) is 0 Å². The lowest BCUT2D eigenvalue weighted by Gasteiger charge is -2.26. The molecule has 0 amide bonds. The number of unbranched alkanes of at least 4 members (excludes halogenated alkanes) is 2. The van der Waals surface area contributed by atoms with Crippen LogP contribution in [0.15, 0.2) is 0 Å². The molecule has 1 unspecified atom stereocenters. The Labute approximate surface area is 103 Å². The Morgan fingerprint density at radius 1 is 1.06 bits per heavy atom. The van der Waals surface area contributed by atoms with Gasteiger partial charge in [0.2, 0.25) is 0 Å². The summed E-state index contributed by atoms with van der Waals surface area (Å²) in [7, 11) is 2.24. The third kappa shape index (κ3) is 9.17. The molecule has 0 fully saturated rings. The third-order valence-corrected chi connectivity index (χ3v) is 3.16. The van der Waals surface area contributed by atoms with E-state index in [1.807, 2.05) is 0 Å². The molecule has 0 saturated heterocycles. The molecule has 2 nitrogen and oxygen atoms in total. The second-order valence-electron chi connectivity index (χ2n) is 5.42. The quantitative estimate of drug-likeness (QED) is 0.578. The van der Waals surface area contributed by atoms with Crippen molar-refractivity contribution in [3.8, 4) is 0 Å². The Bertz CT molecular complexity index is 146. The van der Waals surface area contributed by atoms with E-state index in [-0.39, 0.29) is 0 Å².